The molecule has 1 fully saturated rings. The molecule has 1 aliphatic heterocycles. The maximum absolute atomic E-state index is 13.6. The molecule has 1 aliphatic rings. The largest absolute Gasteiger partial charge is 0.352 e. The topological polar surface area (TPSA) is 66.5 Å². The number of hydrogen-bond acceptors (Lipinski definition) is 3. The number of carbonyl (C=O) groups excluding carboxylic acids is 1. The Bertz CT molecular complexity index is 1010. The number of hydrogen-bond donors (Lipinski definition) is 1. The first kappa shape index (κ1) is 21.4. The van der Waals surface area contributed by atoms with Crippen molar-refractivity contribution in [3.63, 3.8) is 0 Å². The van der Waals surface area contributed by atoms with Crippen molar-refractivity contribution < 1.29 is 22.0 Å². The lowest BCUT2D eigenvalue weighted by atomic mass is 9.82. The molecule has 8 heteroatoms. The summed E-state index contributed by atoms with van der Waals surface area (Å²) in [6.07, 6.45) is 1.06. The van der Waals surface area contributed by atoms with Gasteiger partial charge in [0.25, 0.3) is 0 Å². The van der Waals surface area contributed by atoms with Crippen LogP contribution in [0.2, 0.25) is 0 Å². The summed E-state index contributed by atoms with van der Waals surface area (Å²) in [6.45, 7) is 3.86. The molecule has 156 valence electrons. The van der Waals surface area contributed by atoms with E-state index in [2.05, 4.69) is 5.32 Å². The van der Waals surface area contributed by atoms with E-state index in [1.807, 2.05) is 0 Å². The lowest BCUT2D eigenvalue weighted by Crippen LogP contribution is -2.51. The van der Waals surface area contributed by atoms with Gasteiger partial charge in [-0.05, 0) is 62.1 Å². The van der Waals surface area contributed by atoms with Gasteiger partial charge in [0.15, 0.2) is 0 Å². The van der Waals surface area contributed by atoms with Crippen LogP contribution >= 0.6 is 0 Å². The molecule has 0 aliphatic carbocycles. The molecule has 1 heterocycles. The number of amides is 1. The van der Waals surface area contributed by atoms with E-state index in [9.17, 15) is 22.0 Å². The van der Waals surface area contributed by atoms with Gasteiger partial charge in [-0.3, -0.25) is 4.79 Å². The standard InChI is InChI=1S/C21H24F2N2O3S/c1-15-4-7-18(23)12-19(15)29(27,28)25-11-3-10-21(2,14-25)20(26)24-13-16-5-8-17(22)9-6-16/h4-9,12H,3,10-11,13-14H2,1-2H3,(H,24,26)/t21-/m0/s1. The fourth-order valence-corrected chi connectivity index (χ4v) is 5.41. The molecule has 0 radical (unpaired) electrons. The van der Waals surface area contributed by atoms with Crippen LogP contribution in [-0.2, 0) is 21.4 Å². The van der Waals surface area contributed by atoms with Gasteiger partial charge >= 0.3 is 0 Å². The van der Waals surface area contributed by atoms with Crippen molar-refractivity contribution in [3.05, 3.63) is 65.2 Å². The van der Waals surface area contributed by atoms with Crippen LogP contribution in [0.1, 0.15) is 30.9 Å². The van der Waals surface area contributed by atoms with Gasteiger partial charge in [0.1, 0.15) is 11.6 Å². The molecule has 3 rings (SSSR count). The highest BCUT2D eigenvalue weighted by Gasteiger charge is 2.42. The van der Waals surface area contributed by atoms with Crippen LogP contribution in [0, 0.1) is 24.0 Å². The van der Waals surface area contributed by atoms with Gasteiger partial charge in [-0.25, -0.2) is 17.2 Å². The maximum Gasteiger partial charge on any atom is 0.243 e. The highest BCUT2D eigenvalue weighted by molar-refractivity contribution is 7.89. The number of halogens is 2. The third-order valence-corrected chi connectivity index (χ3v) is 7.33. The van der Waals surface area contributed by atoms with E-state index < -0.39 is 21.3 Å². The Morgan fingerprint density at radius 3 is 2.48 bits per heavy atom. The second-order valence-electron chi connectivity index (χ2n) is 7.72. The molecule has 2 aromatic carbocycles. The maximum atomic E-state index is 13.6. The third-order valence-electron chi connectivity index (χ3n) is 5.34. The predicted molar refractivity (Wildman–Crippen MR) is 105 cm³/mol. The van der Waals surface area contributed by atoms with Crippen LogP contribution < -0.4 is 5.32 Å². The molecule has 29 heavy (non-hydrogen) atoms. The second kappa shape index (κ2) is 8.20. The van der Waals surface area contributed by atoms with Crippen molar-refractivity contribution in [1.82, 2.24) is 9.62 Å². The zero-order valence-electron chi connectivity index (χ0n) is 16.4. The Hall–Kier alpha value is -2.32. The van der Waals surface area contributed by atoms with Crippen molar-refractivity contribution in [2.45, 2.75) is 38.1 Å². The van der Waals surface area contributed by atoms with Gasteiger partial charge in [0, 0.05) is 19.6 Å². The Labute approximate surface area is 169 Å². The summed E-state index contributed by atoms with van der Waals surface area (Å²) in [6, 6.07) is 9.48. The first-order valence-corrected chi connectivity index (χ1v) is 10.8. The SMILES string of the molecule is Cc1ccc(F)cc1S(=O)(=O)N1CCC[C@](C)(C(=O)NCc2ccc(F)cc2)C1. The quantitative estimate of drug-likeness (QED) is 0.803. The van der Waals surface area contributed by atoms with E-state index >= 15 is 0 Å². The number of benzene rings is 2. The van der Waals surface area contributed by atoms with Crippen molar-refractivity contribution in [1.29, 1.82) is 0 Å². The predicted octanol–water partition coefficient (Wildman–Crippen LogP) is 3.38. The van der Waals surface area contributed by atoms with Crippen molar-refractivity contribution >= 4 is 15.9 Å². The minimum atomic E-state index is -3.92. The van der Waals surface area contributed by atoms with E-state index in [1.165, 1.54) is 28.6 Å². The highest BCUT2D eigenvalue weighted by Crippen LogP contribution is 2.33. The minimum Gasteiger partial charge on any atom is -0.352 e. The third kappa shape index (κ3) is 4.64. The van der Waals surface area contributed by atoms with Crippen LogP contribution in [0.3, 0.4) is 0 Å². The van der Waals surface area contributed by atoms with Crippen LogP contribution in [-0.4, -0.2) is 31.7 Å². The van der Waals surface area contributed by atoms with E-state index in [0.29, 0.717) is 18.4 Å². The summed E-state index contributed by atoms with van der Waals surface area (Å²) < 4.78 is 54.1. The molecule has 0 bridgehead atoms. The van der Waals surface area contributed by atoms with E-state index in [1.54, 1.807) is 26.0 Å². The monoisotopic (exact) mass is 422 g/mol. The first-order chi connectivity index (χ1) is 13.6. The lowest BCUT2D eigenvalue weighted by molar-refractivity contribution is -0.132. The summed E-state index contributed by atoms with van der Waals surface area (Å²) in [5.41, 5.74) is 0.297. The fraction of sp³-hybridized carbons (Fsp3) is 0.381. The average molecular weight is 422 g/mol. The van der Waals surface area contributed by atoms with Crippen molar-refractivity contribution in [3.8, 4) is 0 Å². The molecule has 0 saturated carbocycles. The molecule has 0 aromatic heterocycles. The average Bonchev–Trinajstić information content (AvgIpc) is 2.69. The van der Waals surface area contributed by atoms with Gasteiger partial charge in [0.05, 0.1) is 10.3 Å². The van der Waals surface area contributed by atoms with E-state index in [-0.39, 0.29) is 36.3 Å². The summed E-state index contributed by atoms with van der Waals surface area (Å²) in [5, 5.41) is 2.82. The van der Waals surface area contributed by atoms with Crippen LogP contribution in [0.5, 0.6) is 0 Å². The molecule has 1 saturated heterocycles. The molecular formula is C21H24F2N2O3S. The number of nitrogens with one attached hydrogen (secondary N) is 1. The zero-order chi connectivity index (χ0) is 21.2. The van der Waals surface area contributed by atoms with Gasteiger partial charge < -0.3 is 5.32 Å². The number of aryl methyl sites for hydroxylation is 1. The van der Waals surface area contributed by atoms with E-state index in [4.69, 9.17) is 0 Å². The van der Waals surface area contributed by atoms with Gasteiger partial charge in [0.2, 0.25) is 15.9 Å². The van der Waals surface area contributed by atoms with Crippen LogP contribution in [0.15, 0.2) is 47.4 Å². The number of sulfonamides is 1. The van der Waals surface area contributed by atoms with Gasteiger partial charge in [-0.2, -0.15) is 4.31 Å². The van der Waals surface area contributed by atoms with Gasteiger partial charge in [-0.15, -0.1) is 0 Å². The summed E-state index contributed by atoms with van der Waals surface area (Å²) in [4.78, 5) is 12.7. The van der Waals surface area contributed by atoms with Gasteiger partial charge in [-0.1, -0.05) is 18.2 Å². The number of carbonyl (C=O) groups is 1. The van der Waals surface area contributed by atoms with Crippen molar-refractivity contribution in [2.24, 2.45) is 5.41 Å². The molecule has 2 aromatic rings. The molecule has 0 spiro atoms. The summed E-state index contributed by atoms with van der Waals surface area (Å²) in [5.74, 6) is -1.24. The number of nitrogens with zero attached hydrogens (tertiary/aromatic N) is 1. The van der Waals surface area contributed by atoms with E-state index in [0.717, 1.165) is 11.6 Å². The van der Waals surface area contributed by atoms with Crippen LogP contribution in [0.4, 0.5) is 8.78 Å². The molecule has 5 nitrogen and oxygen atoms in total. The normalized spacial score (nSPS) is 20.4. The summed E-state index contributed by atoms with van der Waals surface area (Å²) >= 11 is 0. The highest BCUT2D eigenvalue weighted by atomic mass is 32.2. The molecule has 0 unspecified atom stereocenters. The second-order valence-corrected chi connectivity index (χ2v) is 9.63. The number of piperidine rings is 1. The molecule has 1 atom stereocenters. The zero-order valence-corrected chi connectivity index (χ0v) is 17.2. The smallest absolute Gasteiger partial charge is 0.243 e. The Morgan fingerprint density at radius 1 is 1.14 bits per heavy atom. The minimum absolute atomic E-state index is 0.0144. The Morgan fingerprint density at radius 2 is 1.79 bits per heavy atom. The molecular weight excluding hydrogens is 398 g/mol. The van der Waals surface area contributed by atoms with Crippen LogP contribution in [0.25, 0.3) is 0 Å². The Balaban J connectivity index is 1.75. The number of rotatable bonds is 5. The Kier molecular flexibility index (Phi) is 6.05. The lowest BCUT2D eigenvalue weighted by Gasteiger charge is -2.38. The first-order valence-electron chi connectivity index (χ1n) is 9.41. The van der Waals surface area contributed by atoms with Crippen molar-refractivity contribution in [2.75, 3.05) is 13.1 Å². The fourth-order valence-electron chi connectivity index (χ4n) is 3.57. The summed E-state index contributed by atoms with van der Waals surface area (Å²) in [7, 11) is -3.92. The molecule has 1 N–H and O–H groups in total. The molecule has 1 amide bonds.